The number of hydrogen-bond donors (Lipinski definition) is 0. The van der Waals surface area contributed by atoms with Crippen molar-refractivity contribution in [1.29, 1.82) is 5.26 Å². The van der Waals surface area contributed by atoms with Crippen molar-refractivity contribution in [3.63, 3.8) is 0 Å². The average molecular weight is 371 g/mol. The summed E-state index contributed by atoms with van der Waals surface area (Å²) in [6.45, 7) is 1.59. The van der Waals surface area contributed by atoms with Crippen LogP contribution >= 0.6 is 11.8 Å². The Kier molecular flexibility index (Phi) is 6.87. The molecule has 0 aliphatic rings. The monoisotopic (exact) mass is 371 g/mol. The number of carbonyl (C=O) groups excluding carboxylic acids is 1. The number of thioether (sulfide) groups is 1. The van der Waals surface area contributed by atoms with Crippen molar-refractivity contribution in [2.75, 3.05) is 12.9 Å². The zero-order valence-electron chi connectivity index (χ0n) is 12.7. The Hall–Kier alpha value is -2.45. The van der Waals surface area contributed by atoms with E-state index in [1.807, 2.05) is 0 Å². The number of hydrogen-bond acceptors (Lipinski definition) is 8. The van der Waals surface area contributed by atoms with Gasteiger partial charge in [-0.2, -0.15) is 18.1 Å². The molecule has 9 nitrogen and oxygen atoms in total. The predicted octanol–water partition coefficient (Wildman–Crippen LogP) is 1.75. The van der Waals surface area contributed by atoms with Crippen LogP contribution in [-0.2, 0) is 19.6 Å². The number of benzene rings is 1. The van der Waals surface area contributed by atoms with Crippen LogP contribution in [0.3, 0.4) is 0 Å². The Morgan fingerprint density at radius 2 is 2.04 bits per heavy atom. The first-order chi connectivity index (χ1) is 11.3. The molecule has 0 saturated heterocycles. The fraction of sp³-hybridized carbons (Fsp3) is 0.308. The summed E-state index contributed by atoms with van der Waals surface area (Å²) in [7, 11) is -4.23. The van der Waals surface area contributed by atoms with E-state index in [1.54, 1.807) is 13.0 Å². The first-order valence-electron chi connectivity index (χ1n) is 6.46. The van der Waals surface area contributed by atoms with Crippen molar-refractivity contribution in [1.82, 2.24) is 0 Å². The number of non-ortho nitro benzene ring substituents is 1. The smallest absolute Gasteiger partial charge is 0.330 e. The van der Waals surface area contributed by atoms with E-state index < -0.39 is 26.8 Å². The molecule has 1 aromatic carbocycles. The minimum absolute atomic E-state index is 0.0355. The number of rotatable bonds is 6. The van der Waals surface area contributed by atoms with Crippen molar-refractivity contribution in [2.45, 2.75) is 11.8 Å². The molecular formula is C13H13N3O6S2. The third-order valence-corrected chi connectivity index (χ3v) is 4.83. The highest BCUT2D eigenvalue weighted by atomic mass is 32.2. The van der Waals surface area contributed by atoms with Gasteiger partial charge in [0.15, 0.2) is 5.92 Å². The van der Waals surface area contributed by atoms with Crippen LogP contribution in [0.15, 0.2) is 33.6 Å². The summed E-state index contributed by atoms with van der Waals surface area (Å²) < 4.78 is 32.7. The molecule has 0 radical (unpaired) electrons. The fourth-order valence-electron chi connectivity index (χ4n) is 1.55. The van der Waals surface area contributed by atoms with E-state index in [4.69, 9.17) is 10.00 Å². The standard InChI is InChI=1S/C13H13N3O6S2/c1-3-22-13(17)11(8-14)12(23-2)15-24(20,21)10-6-4-9(5-7-10)16(18)19/h4-7,11H,3H2,1-2H3/t11-/m0/s1. The van der Waals surface area contributed by atoms with E-state index >= 15 is 0 Å². The second-order valence-corrected chi connectivity index (χ2v) is 6.60. The largest absolute Gasteiger partial charge is 0.465 e. The molecule has 0 aromatic heterocycles. The minimum Gasteiger partial charge on any atom is -0.465 e. The second kappa shape index (κ2) is 8.42. The van der Waals surface area contributed by atoms with Gasteiger partial charge in [-0.3, -0.25) is 14.9 Å². The number of nitriles is 1. The van der Waals surface area contributed by atoms with Crippen molar-refractivity contribution >= 4 is 38.5 Å². The Balaban J connectivity index is 3.24. The van der Waals surface area contributed by atoms with Crippen molar-refractivity contribution in [2.24, 2.45) is 10.3 Å². The molecule has 0 N–H and O–H groups in total. The number of sulfonamides is 1. The molecular weight excluding hydrogens is 358 g/mol. The lowest BCUT2D eigenvalue weighted by atomic mass is 10.2. The molecule has 0 amide bonds. The fourth-order valence-corrected chi connectivity index (χ4v) is 3.46. The van der Waals surface area contributed by atoms with Crippen LogP contribution in [-0.4, -0.2) is 37.2 Å². The first-order valence-corrected chi connectivity index (χ1v) is 9.12. The highest BCUT2D eigenvalue weighted by molar-refractivity contribution is 8.14. The lowest BCUT2D eigenvalue weighted by Crippen LogP contribution is -2.23. The highest BCUT2D eigenvalue weighted by Crippen LogP contribution is 2.21. The Morgan fingerprint density at radius 3 is 2.46 bits per heavy atom. The molecule has 0 bridgehead atoms. The van der Waals surface area contributed by atoms with E-state index in [2.05, 4.69) is 4.40 Å². The molecule has 0 spiro atoms. The number of nitro benzene ring substituents is 1. The topological polar surface area (TPSA) is 140 Å². The lowest BCUT2D eigenvalue weighted by Gasteiger charge is -2.09. The van der Waals surface area contributed by atoms with Gasteiger partial charge in [0.1, 0.15) is 5.04 Å². The summed E-state index contributed by atoms with van der Waals surface area (Å²) in [5.41, 5.74) is -0.274. The van der Waals surface area contributed by atoms with Gasteiger partial charge in [0.05, 0.1) is 22.5 Å². The van der Waals surface area contributed by atoms with Crippen molar-refractivity contribution in [3.8, 4) is 6.07 Å². The normalized spacial score (nSPS) is 13.0. The number of esters is 1. The molecule has 128 valence electrons. The van der Waals surface area contributed by atoms with Crippen LogP contribution in [0.4, 0.5) is 5.69 Å². The summed E-state index contributed by atoms with van der Waals surface area (Å²) in [6.07, 6.45) is 1.47. The molecule has 1 aromatic rings. The van der Waals surface area contributed by atoms with Gasteiger partial charge >= 0.3 is 5.97 Å². The Morgan fingerprint density at radius 1 is 1.46 bits per heavy atom. The minimum atomic E-state index is -4.23. The molecule has 0 saturated carbocycles. The number of nitro groups is 1. The molecule has 0 aliphatic carbocycles. The molecule has 1 atom stereocenters. The number of nitrogens with zero attached hydrogens (tertiary/aromatic N) is 3. The van der Waals surface area contributed by atoms with E-state index in [-0.39, 0.29) is 22.2 Å². The average Bonchev–Trinajstić information content (AvgIpc) is 2.54. The Labute approximate surface area is 142 Å². The Bertz CT molecular complexity index is 796. The third kappa shape index (κ3) is 4.77. The van der Waals surface area contributed by atoms with Gasteiger partial charge in [0.2, 0.25) is 0 Å². The van der Waals surface area contributed by atoms with Crippen molar-refractivity contribution < 1.29 is 22.9 Å². The molecule has 0 heterocycles. The van der Waals surface area contributed by atoms with Gasteiger partial charge in [-0.1, -0.05) is 0 Å². The van der Waals surface area contributed by atoms with E-state index in [1.165, 1.54) is 6.26 Å². The molecule has 1 rings (SSSR count). The van der Waals surface area contributed by atoms with Gasteiger partial charge in [0, 0.05) is 12.1 Å². The zero-order valence-corrected chi connectivity index (χ0v) is 14.3. The summed E-state index contributed by atoms with van der Waals surface area (Å²) in [5.74, 6) is -2.36. The van der Waals surface area contributed by atoms with Gasteiger partial charge in [0.25, 0.3) is 15.7 Å². The van der Waals surface area contributed by atoms with Gasteiger partial charge in [-0.25, -0.2) is 0 Å². The summed E-state index contributed by atoms with van der Waals surface area (Å²) in [6, 6.07) is 5.76. The molecule has 0 aliphatic heterocycles. The summed E-state index contributed by atoms with van der Waals surface area (Å²) in [5, 5.41) is 19.4. The van der Waals surface area contributed by atoms with Crippen LogP contribution in [0.25, 0.3) is 0 Å². The van der Waals surface area contributed by atoms with Crippen LogP contribution in [0.5, 0.6) is 0 Å². The summed E-state index contributed by atoms with van der Waals surface area (Å²) in [4.78, 5) is 21.3. The van der Waals surface area contributed by atoms with Gasteiger partial charge in [-0.05, 0) is 25.3 Å². The maximum atomic E-state index is 12.3. The first kappa shape index (κ1) is 19.6. The van der Waals surface area contributed by atoms with Crippen LogP contribution in [0.2, 0.25) is 0 Å². The second-order valence-electron chi connectivity index (χ2n) is 4.17. The van der Waals surface area contributed by atoms with Crippen LogP contribution in [0, 0.1) is 27.4 Å². The van der Waals surface area contributed by atoms with Gasteiger partial charge in [-0.15, -0.1) is 11.8 Å². The highest BCUT2D eigenvalue weighted by Gasteiger charge is 2.28. The number of ether oxygens (including phenoxy) is 1. The van der Waals surface area contributed by atoms with Crippen LogP contribution < -0.4 is 0 Å². The molecule has 0 fully saturated rings. The SMILES string of the molecule is CCOC(=O)[C@@H](C#N)C(=NS(=O)(=O)c1ccc([N+](=O)[O-])cc1)SC. The number of carbonyl (C=O) groups is 1. The van der Waals surface area contributed by atoms with E-state index in [0.29, 0.717) is 0 Å². The molecule has 0 unspecified atom stereocenters. The predicted molar refractivity (Wildman–Crippen MR) is 87.0 cm³/mol. The molecule has 24 heavy (non-hydrogen) atoms. The maximum absolute atomic E-state index is 12.3. The van der Waals surface area contributed by atoms with E-state index in [9.17, 15) is 23.3 Å². The summed E-state index contributed by atoms with van der Waals surface area (Å²) >= 11 is 0.826. The van der Waals surface area contributed by atoms with Gasteiger partial charge < -0.3 is 4.74 Å². The third-order valence-electron chi connectivity index (χ3n) is 2.66. The molecule has 11 heteroatoms. The van der Waals surface area contributed by atoms with Crippen molar-refractivity contribution in [3.05, 3.63) is 34.4 Å². The van der Waals surface area contributed by atoms with Crippen LogP contribution in [0.1, 0.15) is 6.92 Å². The quantitative estimate of drug-likeness (QED) is 0.242. The lowest BCUT2D eigenvalue weighted by molar-refractivity contribution is -0.384. The maximum Gasteiger partial charge on any atom is 0.330 e. The zero-order chi connectivity index (χ0) is 18.3. The van der Waals surface area contributed by atoms with E-state index in [0.717, 1.165) is 36.0 Å².